The van der Waals surface area contributed by atoms with Crippen molar-refractivity contribution in [2.75, 3.05) is 5.32 Å². The van der Waals surface area contributed by atoms with Crippen LogP contribution in [0.15, 0.2) is 40.2 Å². The van der Waals surface area contributed by atoms with Gasteiger partial charge in [-0.3, -0.25) is 4.79 Å². The molecule has 0 radical (unpaired) electrons. The van der Waals surface area contributed by atoms with Gasteiger partial charge in [-0.2, -0.15) is 0 Å². The molecule has 0 unspecified atom stereocenters. The molecule has 8 nitrogen and oxygen atoms in total. The summed E-state index contributed by atoms with van der Waals surface area (Å²) >= 11 is 1.52. The summed E-state index contributed by atoms with van der Waals surface area (Å²) in [6, 6.07) is 8.25. The Morgan fingerprint density at radius 2 is 2.07 bits per heavy atom. The summed E-state index contributed by atoms with van der Waals surface area (Å²) in [5.41, 5.74) is 1.01. The lowest BCUT2D eigenvalue weighted by molar-refractivity contribution is -0.123. The number of anilines is 1. The molecule has 1 N–H and O–H groups in total. The van der Waals surface area contributed by atoms with Crippen LogP contribution in [-0.4, -0.2) is 28.1 Å². The average molecular weight is 401 g/mol. The first-order chi connectivity index (χ1) is 13.4. The molecule has 3 rings (SSSR count). The third-order valence-electron chi connectivity index (χ3n) is 3.68. The standard InChI is InChI=1S/C19H19N3O5S/c1-11-8-17(22-27-11)21-18(23)12(2)26-19(24)15-6-4-5-7-16(15)25-9-14-10-28-13(3)20-14/h4-8,10,12H,9H2,1-3H3,(H,21,22,23)/t12-/m1/s1. The number of hydrogen-bond acceptors (Lipinski definition) is 8. The number of amides is 1. The molecule has 0 aliphatic heterocycles. The van der Waals surface area contributed by atoms with E-state index in [1.54, 1.807) is 37.3 Å². The fourth-order valence-corrected chi connectivity index (χ4v) is 2.92. The second kappa shape index (κ2) is 8.66. The molecule has 0 aliphatic carbocycles. The Bertz CT molecular complexity index is 981. The number of thiazole rings is 1. The van der Waals surface area contributed by atoms with Gasteiger partial charge in [0, 0.05) is 11.4 Å². The van der Waals surface area contributed by atoms with Gasteiger partial charge in [0.1, 0.15) is 23.7 Å². The zero-order valence-electron chi connectivity index (χ0n) is 15.6. The lowest BCUT2D eigenvalue weighted by Crippen LogP contribution is -2.30. The Balaban J connectivity index is 1.62. The van der Waals surface area contributed by atoms with Gasteiger partial charge < -0.3 is 19.3 Å². The molecule has 28 heavy (non-hydrogen) atoms. The number of rotatable bonds is 7. The summed E-state index contributed by atoms with van der Waals surface area (Å²) in [6.07, 6.45) is -1.03. The third-order valence-corrected chi connectivity index (χ3v) is 4.50. The van der Waals surface area contributed by atoms with Crippen LogP contribution in [0, 0.1) is 13.8 Å². The minimum Gasteiger partial charge on any atom is -0.486 e. The number of aromatic nitrogens is 2. The number of carbonyl (C=O) groups excluding carboxylic acids is 2. The van der Waals surface area contributed by atoms with Crippen LogP contribution in [0.4, 0.5) is 5.82 Å². The van der Waals surface area contributed by atoms with Crippen molar-refractivity contribution in [2.45, 2.75) is 33.5 Å². The molecule has 2 heterocycles. The predicted molar refractivity (Wildman–Crippen MR) is 102 cm³/mol. The second-order valence-corrected chi connectivity index (χ2v) is 7.06. The number of aryl methyl sites for hydroxylation is 2. The van der Waals surface area contributed by atoms with Crippen LogP contribution in [-0.2, 0) is 16.1 Å². The summed E-state index contributed by atoms with van der Waals surface area (Å²) in [5, 5.41) is 9.03. The van der Waals surface area contributed by atoms with Gasteiger partial charge in [-0.1, -0.05) is 17.3 Å². The van der Waals surface area contributed by atoms with E-state index < -0.39 is 18.0 Å². The largest absolute Gasteiger partial charge is 0.486 e. The predicted octanol–water partition coefficient (Wildman–Crippen LogP) is 3.51. The molecule has 2 aromatic heterocycles. The Morgan fingerprint density at radius 1 is 1.29 bits per heavy atom. The van der Waals surface area contributed by atoms with Gasteiger partial charge in [-0.15, -0.1) is 11.3 Å². The maximum absolute atomic E-state index is 12.5. The normalized spacial score (nSPS) is 11.7. The smallest absolute Gasteiger partial charge is 0.342 e. The number of nitrogens with zero attached hydrogens (tertiary/aromatic N) is 2. The highest BCUT2D eigenvalue weighted by molar-refractivity contribution is 7.09. The minimum absolute atomic E-state index is 0.228. The van der Waals surface area contributed by atoms with Crippen molar-refractivity contribution in [1.82, 2.24) is 10.1 Å². The SMILES string of the molecule is Cc1cc(NC(=O)[C@@H](C)OC(=O)c2ccccc2OCc2csc(C)n2)no1. The van der Waals surface area contributed by atoms with Gasteiger partial charge in [-0.05, 0) is 32.9 Å². The molecule has 1 atom stereocenters. The molecule has 146 valence electrons. The molecule has 9 heteroatoms. The molecule has 0 bridgehead atoms. The summed E-state index contributed by atoms with van der Waals surface area (Å²) < 4.78 is 15.9. The molecule has 0 saturated heterocycles. The number of hydrogen-bond donors (Lipinski definition) is 1. The van der Waals surface area contributed by atoms with Crippen LogP contribution >= 0.6 is 11.3 Å². The fourth-order valence-electron chi connectivity index (χ4n) is 2.32. The Kier molecular flexibility index (Phi) is 6.05. The maximum Gasteiger partial charge on any atom is 0.342 e. The van der Waals surface area contributed by atoms with E-state index in [0.717, 1.165) is 10.7 Å². The van der Waals surface area contributed by atoms with Crippen molar-refractivity contribution >= 4 is 29.0 Å². The third kappa shape index (κ3) is 4.95. The van der Waals surface area contributed by atoms with Gasteiger partial charge in [0.05, 0.1) is 10.7 Å². The van der Waals surface area contributed by atoms with Crippen LogP contribution < -0.4 is 10.1 Å². The lowest BCUT2D eigenvalue weighted by Gasteiger charge is -2.14. The van der Waals surface area contributed by atoms with Crippen LogP contribution in [0.1, 0.15) is 33.7 Å². The molecule has 3 aromatic rings. The van der Waals surface area contributed by atoms with Crippen molar-refractivity contribution in [2.24, 2.45) is 0 Å². The van der Waals surface area contributed by atoms with E-state index in [1.165, 1.54) is 18.3 Å². The quantitative estimate of drug-likeness (QED) is 0.604. The topological polar surface area (TPSA) is 104 Å². The Morgan fingerprint density at radius 3 is 2.75 bits per heavy atom. The van der Waals surface area contributed by atoms with E-state index >= 15 is 0 Å². The minimum atomic E-state index is -1.03. The molecule has 0 saturated carbocycles. The van der Waals surface area contributed by atoms with Gasteiger partial charge in [0.15, 0.2) is 11.9 Å². The lowest BCUT2D eigenvalue weighted by atomic mass is 10.2. The number of ether oxygens (including phenoxy) is 2. The molecule has 1 amide bonds. The Hall–Kier alpha value is -3.20. The van der Waals surface area contributed by atoms with Crippen molar-refractivity contribution < 1.29 is 23.6 Å². The van der Waals surface area contributed by atoms with Gasteiger partial charge in [0.2, 0.25) is 0 Å². The fraction of sp³-hybridized carbons (Fsp3) is 0.263. The highest BCUT2D eigenvalue weighted by atomic mass is 32.1. The van der Waals surface area contributed by atoms with Crippen molar-refractivity contribution in [3.8, 4) is 5.75 Å². The summed E-state index contributed by atoms with van der Waals surface area (Å²) in [7, 11) is 0. The average Bonchev–Trinajstić information content (AvgIpc) is 3.27. The second-order valence-electron chi connectivity index (χ2n) is 6.00. The molecule has 0 aliphatic rings. The Labute approximate surface area is 165 Å². The van der Waals surface area contributed by atoms with Crippen LogP contribution in [0.25, 0.3) is 0 Å². The highest BCUT2D eigenvalue weighted by Gasteiger charge is 2.22. The van der Waals surface area contributed by atoms with E-state index in [1.807, 2.05) is 12.3 Å². The summed E-state index contributed by atoms with van der Waals surface area (Å²) in [5.74, 6) is -0.00561. The summed E-state index contributed by atoms with van der Waals surface area (Å²) in [4.78, 5) is 29.0. The summed E-state index contributed by atoms with van der Waals surface area (Å²) in [6.45, 7) is 5.32. The molecular formula is C19H19N3O5S. The van der Waals surface area contributed by atoms with Crippen LogP contribution in [0.3, 0.4) is 0 Å². The zero-order valence-corrected chi connectivity index (χ0v) is 16.4. The van der Waals surface area contributed by atoms with Gasteiger partial charge >= 0.3 is 5.97 Å². The zero-order chi connectivity index (χ0) is 20.1. The maximum atomic E-state index is 12.5. The number of nitrogens with one attached hydrogen (secondary N) is 1. The number of benzene rings is 1. The first-order valence-electron chi connectivity index (χ1n) is 8.50. The van der Waals surface area contributed by atoms with Crippen molar-refractivity contribution in [1.29, 1.82) is 0 Å². The van der Waals surface area contributed by atoms with Gasteiger partial charge in [-0.25, -0.2) is 9.78 Å². The first-order valence-corrected chi connectivity index (χ1v) is 9.38. The van der Waals surface area contributed by atoms with E-state index in [0.29, 0.717) is 11.5 Å². The molecule has 0 spiro atoms. The van der Waals surface area contributed by atoms with Crippen molar-refractivity contribution in [3.63, 3.8) is 0 Å². The van der Waals surface area contributed by atoms with E-state index in [4.69, 9.17) is 14.0 Å². The molecular weight excluding hydrogens is 382 g/mol. The molecule has 1 aromatic carbocycles. The number of esters is 1. The number of carbonyl (C=O) groups is 2. The molecule has 0 fully saturated rings. The van der Waals surface area contributed by atoms with Crippen LogP contribution in [0.2, 0.25) is 0 Å². The van der Waals surface area contributed by atoms with Gasteiger partial charge in [0.25, 0.3) is 5.91 Å². The van der Waals surface area contributed by atoms with Crippen molar-refractivity contribution in [3.05, 3.63) is 57.7 Å². The number of para-hydroxylation sites is 1. The van der Waals surface area contributed by atoms with E-state index in [9.17, 15) is 9.59 Å². The highest BCUT2D eigenvalue weighted by Crippen LogP contribution is 2.21. The van der Waals surface area contributed by atoms with Crippen LogP contribution in [0.5, 0.6) is 5.75 Å². The monoisotopic (exact) mass is 401 g/mol. The van der Waals surface area contributed by atoms with E-state index in [-0.39, 0.29) is 18.0 Å². The first kappa shape index (κ1) is 19.6. The van der Waals surface area contributed by atoms with E-state index in [2.05, 4.69) is 15.5 Å².